The molecule has 0 aromatic rings. The first-order valence-corrected chi connectivity index (χ1v) is 9.66. The monoisotopic (exact) mass is 339 g/mol. The predicted molar refractivity (Wildman–Crippen MR) is 92.4 cm³/mol. The Balaban J connectivity index is 1.43. The Hall–Kier alpha value is -0.690. The highest BCUT2D eigenvalue weighted by Gasteiger charge is 2.38. The average molecular weight is 339 g/mol. The molecule has 3 aliphatic rings. The minimum atomic E-state index is -0.746. The van der Waals surface area contributed by atoms with E-state index >= 15 is 0 Å². The molecule has 6 nitrogen and oxygen atoms in total. The molecule has 1 saturated carbocycles. The van der Waals surface area contributed by atoms with Crippen LogP contribution in [0.5, 0.6) is 0 Å². The van der Waals surface area contributed by atoms with Crippen LogP contribution in [0.3, 0.4) is 0 Å². The summed E-state index contributed by atoms with van der Waals surface area (Å²) in [5, 5.41) is 9.93. The van der Waals surface area contributed by atoms with Crippen molar-refractivity contribution in [1.82, 2.24) is 14.7 Å². The van der Waals surface area contributed by atoms with Crippen molar-refractivity contribution in [1.29, 1.82) is 0 Å². The van der Waals surface area contributed by atoms with Crippen LogP contribution < -0.4 is 0 Å². The van der Waals surface area contributed by atoms with Crippen molar-refractivity contribution in [2.24, 2.45) is 0 Å². The number of likely N-dealkylation sites (tertiary alicyclic amines) is 2. The van der Waals surface area contributed by atoms with E-state index in [-0.39, 0.29) is 5.91 Å². The van der Waals surface area contributed by atoms with Gasteiger partial charge in [0.05, 0.1) is 0 Å². The summed E-state index contributed by atoms with van der Waals surface area (Å²) in [7, 11) is 0. The predicted octanol–water partition coefficient (Wildman–Crippen LogP) is 1.24. The number of amides is 1. The Morgan fingerprint density at radius 3 is 2.17 bits per heavy atom. The maximum absolute atomic E-state index is 11.9. The third kappa shape index (κ3) is 4.28. The average Bonchev–Trinajstić information content (AvgIpc) is 3.41. The van der Waals surface area contributed by atoms with E-state index in [2.05, 4.69) is 9.80 Å². The van der Waals surface area contributed by atoms with Gasteiger partial charge >= 0.3 is 0 Å². The topological polar surface area (TPSA) is 56.3 Å². The van der Waals surface area contributed by atoms with Gasteiger partial charge in [-0.15, -0.1) is 0 Å². The lowest BCUT2D eigenvalue weighted by Crippen LogP contribution is -2.53. The minimum Gasteiger partial charge on any atom is -0.356 e. The summed E-state index contributed by atoms with van der Waals surface area (Å²) in [6.07, 6.45) is 6.04. The lowest BCUT2D eigenvalue weighted by molar-refractivity contribution is -0.197. The minimum absolute atomic E-state index is 0.258. The molecule has 1 unspecified atom stereocenters. The largest absolute Gasteiger partial charge is 0.356 e. The summed E-state index contributed by atoms with van der Waals surface area (Å²) in [5.41, 5.74) is 0. The fourth-order valence-corrected chi connectivity index (χ4v) is 4.42. The highest BCUT2D eigenvalue weighted by molar-refractivity contribution is 5.74. The second-order valence-corrected chi connectivity index (χ2v) is 7.47. The van der Waals surface area contributed by atoms with Crippen molar-refractivity contribution < 1.29 is 14.6 Å². The molecule has 24 heavy (non-hydrogen) atoms. The molecule has 1 atom stereocenters. The van der Waals surface area contributed by atoms with E-state index in [0.717, 1.165) is 51.9 Å². The third-order valence-electron chi connectivity index (χ3n) is 5.84. The van der Waals surface area contributed by atoms with Crippen molar-refractivity contribution in [2.45, 2.75) is 76.9 Å². The normalized spacial score (nSPS) is 26.5. The Kier molecular flexibility index (Phi) is 6.13. The molecule has 2 aliphatic heterocycles. The van der Waals surface area contributed by atoms with Crippen LogP contribution in [-0.4, -0.2) is 83.0 Å². The van der Waals surface area contributed by atoms with Crippen molar-refractivity contribution >= 4 is 5.91 Å². The van der Waals surface area contributed by atoms with Gasteiger partial charge in [-0.25, -0.2) is 0 Å². The summed E-state index contributed by atoms with van der Waals surface area (Å²) >= 11 is 0. The molecule has 6 heteroatoms. The van der Waals surface area contributed by atoms with Gasteiger partial charge in [0.25, 0.3) is 0 Å². The zero-order valence-corrected chi connectivity index (χ0v) is 15.2. The summed E-state index contributed by atoms with van der Waals surface area (Å²) in [4.78, 5) is 18.7. The number of aliphatic hydroxyl groups excluding tert-OH is 1. The molecule has 1 aliphatic carbocycles. The van der Waals surface area contributed by atoms with E-state index in [9.17, 15) is 9.90 Å². The van der Waals surface area contributed by atoms with Gasteiger partial charge in [-0.3, -0.25) is 9.69 Å². The fraction of sp³-hybridized carbons (Fsp3) is 0.944. The van der Waals surface area contributed by atoms with Gasteiger partial charge in [0.1, 0.15) is 0 Å². The molecule has 138 valence electrons. The van der Waals surface area contributed by atoms with Crippen LogP contribution in [-0.2, 0) is 9.53 Å². The van der Waals surface area contributed by atoms with E-state index < -0.39 is 6.41 Å². The van der Waals surface area contributed by atoms with Crippen LogP contribution in [0.25, 0.3) is 0 Å². The molecule has 0 spiro atoms. The molecule has 1 amide bonds. The first-order chi connectivity index (χ1) is 11.6. The highest BCUT2D eigenvalue weighted by atomic mass is 16.6. The van der Waals surface area contributed by atoms with Crippen molar-refractivity contribution in [3.05, 3.63) is 0 Å². The molecule has 0 aromatic carbocycles. The van der Waals surface area contributed by atoms with Crippen LogP contribution in [0.4, 0.5) is 0 Å². The maximum atomic E-state index is 11.9. The number of carbonyl (C=O) groups excluding carboxylic acids is 1. The number of nitrogens with zero attached hydrogens (tertiary/aromatic N) is 3. The fourth-order valence-electron chi connectivity index (χ4n) is 4.42. The van der Waals surface area contributed by atoms with Gasteiger partial charge < -0.3 is 19.6 Å². The lowest BCUT2D eigenvalue weighted by atomic mass is 9.97. The zero-order chi connectivity index (χ0) is 17.1. The molecule has 1 N–H and O–H groups in total. The van der Waals surface area contributed by atoms with E-state index in [1.165, 1.54) is 12.8 Å². The summed E-state index contributed by atoms with van der Waals surface area (Å²) in [6, 6.07) is 1.59. The number of hydrogen-bond acceptors (Lipinski definition) is 5. The van der Waals surface area contributed by atoms with Gasteiger partial charge in [-0.05, 0) is 45.4 Å². The summed E-state index contributed by atoms with van der Waals surface area (Å²) in [5.74, 6) is 0.258. The number of hydrogen-bond donors (Lipinski definition) is 1. The SMILES string of the molecule is CCOC(O)N1CCC(N2CCC(N(C(C)=O)C3CC3)CC2)CC1. The van der Waals surface area contributed by atoms with Crippen molar-refractivity contribution in [2.75, 3.05) is 32.8 Å². The lowest BCUT2D eigenvalue weighted by Gasteiger charge is -2.44. The first kappa shape index (κ1) is 18.1. The number of carbonyl (C=O) groups is 1. The van der Waals surface area contributed by atoms with E-state index in [0.29, 0.717) is 24.7 Å². The number of rotatable bonds is 6. The second kappa shape index (κ2) is 8.13. The van der Waals surface area contributed by atoms with Crippen LogP contribution in [0.15, 0.2) is 0 Å². The number of piperidine rings is 2. The molecular formula is C18H33N3O3. The summed E-state index contributed by atoms with van der Waals surface area (Å²) < 4.78 is 5.28. The van der Waals surface area contributed by atoms with Crippen LogP contribution >= 0.6 is 0 Å². The third-order valence-corrected chi connectivity index (χ3v) is 5.84. The smallest absolute Gasteiger partial charge is 0.219 e. The maximum Gasteiger partial charge on any atom is 0.219 e. The molecule has 3 fully saturated rings. The number of aliphatic hydroxyl groups is 1. The Morgan fingerprint density at radius 2 is 1.67 bits per heavy atom. The van der Waals surface area contributed by atoms with Gasteiger partial charge in [-0.2, -0.15) is 0 Å². The van der Waals surface area contributed by atoms with Crippen LogP contribution in [0.1, 0.15) is 52.4 Å². The van der Waals surface area contributed by atoms with Gasteiger partial charge in [0.2, 0.25) is 12.3 Å². The zero-order valence-electron chi connectivity index (χ0n) is 15.2. The first-order valence-electron chi connectivity index (χ1n) is 9.66. The summed E-state index contributed by atoms with van der Waals surface area (Å²) in [6.45, 7) is 8.17. The van der Waals surface area contributed by atoms with Gasteiger partial charge in [0.15, 0.2) is 0 Å². The molecule has 0 aromatic heterocycles. The van der Waals surface area contributed by atoms with Crippen molar-refractivity contribution in [3.8, 4) is 0 Å². The molecule has 0 bridgehead atoms. The number of ether oxygens (including phenoxy) is 1. The Labute approximate surface area is 145 Å². The Morgan fingerprint density at radius 1 is 1.08 bits per heavy atom. The van der Waals surface area contributed by atoms with Gasteiger partial charge in [0, 0.05) is 57.8 Å². The molecular weight excluding hydrogens is 306 g/mol. The van der Waals surface area contributed by atoms with E-state index in [1.54, 1.807) is 6.92 Å². The van der Waals surface area contributed by atoms with E-state index in [1.807, 2.05) is 11.8 Å². The second-order valence-electron chi connectivity index (χ2n) is 7.47. The molecule has 0 radical (unpaired) electrons. The van der Waals surface area contributed by atoms with E-state index in [4.69, 9.17) is 4.74 Å². The molecule has 2 saturated heterocycles. The van der Waals surface area contributed by atoms with Gasteiger partial charge in [-0.1, -0.05) is 0 Å². The molecule has 2 heterocycles. The van der Waals surface area contributed by atoms with Crippen molar-refractivity contribution in [3.63, 3.8) is 0 Å². The highest BCUT2D eigenvalue weighted by Crippen LogP contribution is 2.32. The molecule has 3 rings (SSSR count). The standard InChI is InChI=1S/C18H33N3O3/c1-3-24-18(23)20-12-6-15(7-13-20)19-10-8-17(9-11-19)21(14(2)22)16-4-5-16/h15-18,23H,3-13H2,1-2H3. The van der Waals surface area contributed by atoms with Crippen LogP contribution in [0, 0.1) is 0 Å². The Bertz CT molecular complexity index is 414. The van der Waals surface area contributed by atoms with Crippen LogP contribution in [0.2, 0.25) is 0 Å². The quantitative estimate of drug-likeness (QED) is 0.738.